The van der Waals surface area contributed by atoms with Crippen LogP contribution in [0.1, 0.15) is 59.8 Å². The molecule has 3 atom stereocenters. The number of fused-ring (bicyclic) bond motifs is 1. The second-order valence-corrected chi connectivity index (χ2v) is 7.20. The van der Waals surface area contributed by atoms with Crippen molar-refractivity contribution in [2.24, 2.45) is 5.92 Å². The number of aliphatic hydroxyl groups excluding tert-OH is 1. The van der Waals surface area contributed by atoms with Crippen LogP contribution < -0.4 is 0 Å². The lowest BCUT2D eigenvalue weighted by Crippen LogP contribution is -2.63. The van der Waals surface area contributed by atoms with Crippen LogP contribution in [0.4, 0.5) is 4.79 Å². The molecular formula is C15H27NO3. The van der Waals surface area contributed by atoms with Gasteiger partial charge in [-0.15, -0.1) is 0 Å². The van der Waals surface area contributed by atoms with Gasteiger partial charge in [0.25, 0.3) is 0 Å². The maximum Gasteiger partial charge on any atom is 0.410 e. The number of amides is 1. The Hall–Kier alpha value is -0.770. The third-order valence-corrected chi connectivity index (χ3v) is 4.59. The van der Waals surface area contributed by atoms with Crippen LogP contribution in [0.15, 0.2) is 0 Å². The Morgan fingerprint density at radius 1 is 1.32 bits per heavy atom. The summed E-state index contributed by atoms with van der Waals surface area (Å²) < 4.78 is 5.53. The molecule has 1 N–H and O–H groups in total. The van der Waals surface area contributed by atoms with E-state index in [1.54, 1.807) is 0 Å². The molecule has 0 unspecified atom stereocenters. The fraction of sp³-hybridized carbons (Fsp3) is 0.933. The van der Waals surface area contributed by atoms with E-state index in [0.29, 0.717) is 13.0 Å². The predicted molar refractivity (Wildman–Crippen MR) is 73.9 cm³/mol. The van der Waals surface area contributed by atoms with Crippen LogP contribution in [-0.2, 0) is 4.74 Å². The molecule has 2 aliphatic rings. The zero-order valence-corrected chi connectivity index (χ0v) is 12.6. The van der Waals surface area contributed by atoms with E-state index >= 15 is 0 Å². The van der Waals surface area contributed by atoms with Gasteiger partial charge < -0.3 is 14.7 Å². The first-order chi connectivity index (χ1) is 8.74. The number of carbonyl (C=O) groups is 1. The molecule has 1 heterocycles. The van der Waals surface area contributed by atoms with Crippen molar-refractivity contribution in [1.82, 2.24) is 4.90 Å². The van der Waals surface area contributed by atoms with Gasteiger partial charge in [-0.1, -0.05) is 12.8 Å². The van der Waals surface area contributed by atoms with Crippen molar-refractivity contribution in [3.8, 4) is 0 Å². The minimum atomic E-state index is -0.465. The van der Waals surface area contributed by atoms with Crippen LogP contribution in [0, 0.1) is 5.92 Å². The number of hydrogen-bond donors (Lipinski definition) is 1. The number of rotatable bonds is 0. The van der Waals surface area contributed by atoms with E-state index in [1.165, 1.54) is 0 Å². The van der Waals surface area contributed by atoms with E-state index in [1.807, 2.05) is 25.7 Å². The number of hydrogen-bond acceptors (Lipinski definition) is 3. The first-order valence-electron chi connectivity index (χ1n) is 7.43. The van der Waals surface area contributed by atoms with Gasteiger partial charge in [0, 0.05) is 18.0 Å². The fourth-order valence-electron chi connectivity index (χ4n) is 3.62. The molecule has 1 amide bonds. The Bertz CT molecular complexity index is 350. The Kier molecular flexibility index (Phi) is 3.83. The van der Waals surface area contributed by atoms with Crippen molar-refractivity contribution >= 4 is 6.09 Å². The Balaban J connectivity index is 2.18. The summed E-state index contributed by atoms with van der Waals surface area (Å²) in [6, 6.07) is 0. The zero-order chi connectivity index (χ0) is 14.3. The summed E-state index contributed by atoms with van der Waals surface area (Å²) >= 11 is 0. The van der Waals surface area contributed by atoms with Crippen LogP contribution in [0.25, 0.3) is 0 Å². The molecule has 2 fully saturated rings. The number of nitrogens with zero attached hydrogens (tertiary/aromatic N) is 1. The normalized spacial score (nSPS) is 35.7. The molecule has 0 aromatic carbocycles. The van der Waals surface area contributed by atoms with Crippen LogP contribution in [0.5, 0.6) is 0 Å². The largest absolute Gasteiger partial charge is 0.444 e. The summed E-state index contributed by atoms with van der Waals surface area (Å²) in [6.45, 7) is 8.39. The number of aliphatic hydroxyl groups is 1. The highest BCUT2D eigenvalue weighted by Crippen LogP contribution is 2.44. The Labute approximate surface area is 116 Å². The quantitative estimate of drug-likeness (QED) is 0.735. The summed E-state index contributed by atoms with van der Waals surface area (Å²) in [5, 5.41) is 10.2. The monoisotopic (exact) mass is 269 g/mol. The molecule has 110 valence electrons. The predicted octanol–water partition coefficient (Wildman–Crippen LogP) is 2.94. The van der Waals surface area contributed by atoms with Gasteiger partial charge in [-0.25, -0.2) is 4.79 Å². The lowest BCUT2D eigenvalue weighted by Gasteiger charge is -2.54. The molecule has 19 heavy (non-hydrogen) atoms. The third kappa shape index (κ3) is 2.88. The van der Waals surface area contributed by atoms with Gasteiger partial charge in [0.1, 0.15) is 5.60 Å². The molecule has 0 aromatic rings. The van der Waals surface area contributed by atoms with E-state index in [2.05, 4.69) is 6.92 Å². The van der Waals surface area contributed by atoms with Gasteiger partial charge in [0.05, 0.1) is 6.10 Å². The molecule has 1 aliphatic carbocycles. The molecule has 0 bridgehead atoms. The third-order valence-electron chi connectivity index (χ3n) is 4.59. The summed E-state index contributed by atoms with van der Waals surface area (Å²) in [5.74, 6) is 0.197. The van der Waals surface area contributed by atoms with Crippen molar-refractivity contribution in [3.05, 3.63) is 0 Å². The van der Waals surface area contributed by atoms with Gasteiger partial charge in [-0.05, 0) is 47.0 Å². The molecule has 1 saturated heterocycles. The molecule has 4 nitrogen and oxygen atoms in total. The topological polar surface area (TPSA) is 49.8 Å². The van der Waals surface area contributed by atoms with Crippen LogP contribution in [-0.4, -0.2) is 39.9 Å². The smallest absolute Gasteiger partial charge is 0.410 e. The maximum atomic E-state index is 12.4. The minimum absolute atomic E-state index is 0.197. The van der Waals surface area contributed by atoms with Crippen LogP contribution in [0.3, 0.4) is 0 Å². The average Bonchev–Trinajstić information content (AvgIpc) is 2.26. The second kappa shape index (κ2) is 4.97. The minimum Gasteiger partial charge on any atom is -0.444 e. The van der Waals surface area contributed by atoms with Crippen LogP contribution in [0.2, 0.25) is 0 Å². The summed E-state index contributed by atoms with van der Waals surface area (Å²) in [4.78, 5) is 14.3. The summed E-state index contributed by atoms with van der Waals surface area (Å²) in [7, 11) is 0. The number of piperidine rings is 1. The number of likely N-dealkylation sites (tertiary alicyclic amines) is 1. The van der Waals surface area contributed by atoms with E-state index in [4.69, 9.17) is 4.74 Å². The van der Waals surface area contributed by atoms with E-state index in [9.17, 15) is 9.90 Å². The van der Waals surface area contributed by atoms with Gasteiger partial charge >= 0.3 is 6.09 Å². The highest BCUT2D eigenvalue weighted by molar-refractivity contribution is 5.69. The molecule has 2 rings (SSSR count). The molecule has 0 radical (unpaired) electrons. The van der Waals surface area contributed by atoms with Crippen molar-refractivity contribution in [3.63, 3.8) is 0 Å². The van der Waals surface area contributed by atoms with E-state index in [0.717, 1.165) is 25.7 Å². The van der Waals surface area contributed by atoms with E-state index in [-0.39, 0.29) is 23.7 Å². The summed E-state index contributed by atoms with van der Waals surface area (Å²) in [6.07, 6.45) is 4.42. The average molecular weight is 269 g/mol. The zero-order valence-electron chi connectivity index (χ0n) is 12.6. The van der Waals surface area contributed by atoms with Gasteiger partial charge in [0.15, 0.2) is 0 Å². The Morgan fingerprint density at radius 2 is 2.00 bits per heavy atom. The van der Waals surface area contributed by atoms with Crippen LogP contribution >= 0.6 is 0 Å². The SMILES string of the molecule is CC(C)(C)OC(=O)N1CC[C@H](O)[C@@H]2CCCC[C@@]21C. The first-order valence-corrected chi connectivity index (χ1v) is 7.43. The Morgan fingerprint density at radius 3 is 2.63 bits per heavy atom. The highest BCUT2D eigenvalue weighted by Gasteiger charge is 2.50. The van der Waals surface area contributed by atoms with Crippen molar-refractivity contribution in [2.45, 2.75) is 77.0 Å². The standard InChI is InChI=1S/C15H27NO3/c1-14(2,3)19-13(18)16-10-8-12(17)11-7-5-6-9-15(11,16)4/h11-12,17H,5-10H2,1-4H3/t11-,12-,15-/m0/s1. The second-order valence-electron chi connectivity index (χ2n) is 7.20. The molecule has 0 spiro atoms. The molecule has 0 aromatic heterocycles. The van der Waals surface area contributed by atoms with Crippen molar-refractivity contribution < 1.29 is 14.6 Å². The van der Waals surface area contributed by atoms with Gasteiger partial charge in [-0.2, -0.15) is 0 Å². The molecule has 1 aliphatic heterocycles. The molecule has 1 saturated carbocycles. The molecule has 4 heteroatoms. The van der Waals surface area contributed by atoms with Gasteiger partial charge in [-0.3, -0.25) is 0 Å². The van der Waals surface area contributed by atoms with Crippen molar-refractivity contribution in [2.75, 3.05) is 6.54 Å². The fourth-order valence-corrected chi connectivity index (χ4v) is 3.62. The molecular weight excluding hydrogens is 242 g/mol. The number of carbonyl (C=O) groups excluding carboxylic acids is 1. The van der Waals surface area contributed by atoms with Crippen molar-refractivity contribution in [1.29, 1.82) is 0 Å². The van der Waals surface area contributed by atoms with Gasteiger partial charge in [0.2, 0.25) is 0 Å². The van der Waals surface area contributed by atoms with E-state index < -0.39 is 5.60 Å². The first kappa shape index (κ1) is 14.6. The maximum absolute atomic E-state index is 12.4. The lowest BCUT2D eigenvalue weighted by atomic mass is 9.67. The summed E-state index contributed by atoms with van der Waals surface area (Å²) in [5.41, 5.74) is -0.702. The number of ether oxygens (including phenoxy) is 1. The lowest BCUT2D eigenvalue weighted by molar-refractivity contribution is -0.0916. The highest BCUT2D eigenvalue weighted by atomic mass is 16.6.